The van der Waals surface area contributed by atoms with Crippen LogP contribution >= 0.6 is 11.6 Å². The average molecular weight is 443 g/mol. The summed E-state index contributed by atoms with van der Waals surface area (Å²) >= 11 is 5.90. The zero-order chi connectivity index (χ0) is 23.0. The van der Waals surface area contributed by atoms with Crippen LogP contribution < -0.4 is 0 Å². The van der Waals surface area contributed by atoms with Gasteiger partial charge < -0.3 is 18.9 Å². The van der Waals surface area contributed by atoms with Crippen molar-refractivity contribution in [2.24, 2.45) is 11.3 Å². The number of hydrogen-bond donors (Lipinski definition) is 0. The van der Waals surface area contributed by atoms with Gasteiger partial charge in [-0.3, -0.25) is 9.59 Å². The Hall–Kier alpha value is -2.38. The molecule has 1 unspecified atom stereocenters. The summed E-state index contributed by atoms with van der Waals surface area (Å²) in [7, 11) is 0. The summed E-state index contributed by atoms with van der Waals surface area (Å²) in [5, 5.41) is 0. The van der Waals surface area contributed by atoms with Crippen molar-refractivity contribution < 1.29 is 33.3 Å². The lowest BCUT2D eigenvalue weighted by Gasteiger charge is -2.28. The van der Waals surface area contributed by atoms with E-state index < -0.39 is 29.1 Å². The van der Waals surface area contributed by atoms with Gasteiger partial charge in [-0.15, -0.1) is 24.7 Å². The predicted molar refractivity (Wildman–Crippen MR) is 112 cm³/mol. The van der Waals surface area contributed by atoms with E-state index in [0.29, 0.717) is 25.7 Å². The highest BCUT2D eigenvalue weighted by Crippen LogP contribution is 2.21. The molecule has 0 aromatic rings. The second-order valence-electron chi connectivity index (χ2n) is 7.50. The molecule has 0 aliphatic carbocycles. The molecule has 0 fully saturated rings. The Bertz CT molecular complexity index is 594. The van der Waals surface area contributed by atoms with Crippen LogP contribution in [0.15, 0.2) is 0 Å². The van der Waals surface area contributed by atoms with E-state index in [2.05, 4.69) is 11.8 Å². The highest BCUT2D eigenvalue weighted by Gasteiger charge is 2.31. The summed E-state index contributed by atoms with van der Waals surface area (Å²) < 4.78 is 20.6. The van der Waals surface area contributed by atoms with Crippen LogP contribution in [0.1, 0.15) is 59.3 Å². The van der Waals surface area contributed by atoms with Crippen molar-refractivity contribution in [3.8, 4) is 24.7 Å². The van der Waals surface area contributed by atoms with Crippen LogP contribution in [0.2, 0.25) is 0 Å². The lowest BCUT2D eigenvalue weighted by atomic mass is 9.94. The molecule has 0 N–H and O–H groups in total. The van der Waals surface area contributed by atoms with Crippen LogP contribution in [-0.4, -0.2) is 43.5 Å². The molecule has 168 valence electrons. The molecule has 0 spiro atoms. The molecule has 0 saturated heterocycles. The number of carbonyl (C=O) groups excluding carboxylic acids is 3. The molecule has 0 aromatic heterocycles. The van der Waals surface area contributed by atoms with E-state index in [1.807, 2.05) is 0 Å². The zero-order valence-electron chi connectivity index (χ0n) is 17.9. The molecule has 0 aliphatic heterocycles. The minimum atomic E-state index is -0.970. The number of ether oxygens (including phenoxy) is 4. The van der Waals surface area contributed by atoms with Gasteiger partial charge in [0.25, 0.3) is 0 Å². The number of alkyl halides is 1. The van der Waals surface area contributed by atoms with Gasteiger partial charge in [0.15, 0.2) is 5.56 Å². The molecular weight excluding hydrogens is 412 g/mol. The summed E-state index contributed by atoms with van der Waals surface area (Å²) in [6.07, 6.45) is 11.6. The number of halogens is 1. The van der Waals surface area contributed by atoms with Crippen LogP contribution in [-0.2, 0) is 28.5 Å². The third-order valence-corrected chi connectivity index (χ3v) is 4.43. The van der Waals surface area contributed by atoms with E-state index in [1.165, 1.54) is 0 Å². The van der Waals surface area contributed by atoms with Crippen LogP contribution in [0.4, 0.5) is 4.79 Å². The smallest absolute Gasteiger partial charge is 0.465 e. The number of terminal acetylenes is 2. The molecule has 0 rings (SSSR count). The van der Waals surface area contributed by atoms with Gasteiger partial charge in [-0.1, -0.05) is 25.4 Å². The fourth-order valence-corrected chi connectivity index (χ4v) is 2.02. The number of rotatable bonds is 14. The Labute approximate surface area is 184 Å². The second-order valence-corrected chi connectivity index (χ2v) is 7.93. The van der Waals surface area contributed by atoms with Crippen LogP contribution in [0.3, 0.4) is 0 Å². The highest BCUT2D eigenvalue weighted by molar-refractivity contribution is 6.20. The van der Waals surface area contributed by atoms with Crippen LogP contribution in [0.25, 0.3) is 0 Å². The third kappa shape index (κ3) is 13.7. The van der Waals surface area contributed by atoms with E-state index in [4.69, 9.17) is 43.4 Å². The fourth-order valence-electron chi connectivity index (χ4n) is 1.94. The summed E-state index contributed by atoms with van der Waals surface area (Å²) in [4.78, 5) is 35.6. The van der Waals surface area contributed by atoms with E-state index in [0.717, 1.165) is 0 Å². The molecule has 0 aromatic carbocycles. The number of hydrogen-bond acceptors (Lipinski definition) is 7. The molecule has 0 aliphatic rings. The van der Waals surface area contributed by atoms with Crippen molar-refractivity contribution in [3.63, 3.8) is 0 Å². The summed E-state index contributed by atoms with van der Waals surface area (Å²) in [5.74, 6) is 3.90. The number of esters is 2. The van der Waals surface area contributed by atoms with Crippen molar-refractivity contribution in [1.29, 1.82) is 0 Å². The minimum Gasteiger partial charge on any atom is -0.465 e. The van der Waals surface area contributed by atoms with Crippen molar-refractivity contribution >= 4 is 29.7 Å². The molecule has 1 atom stereocenters. The fraction of sp³-hybridized carbons (Fsp3) is 0.682. The summed E-state index contributed by atoms with van der Waals surface area (Å²) in [6.45, 7) is 4.78. The number of carbonyl (C=O) groups is 3. The molecule has 0 radical (unpaired) electrons. The van der Waals surface area contributed by atoms with Gasteiger partial charge in [0.2, 0.25) is 0 Å². The van der Waals surface area contributed by atoms with Gasteiger partial charge in [0.05, 0.1) is 5.41 Å². The normalized spacial score (nSPS) is 11.7. The van der Waals surface area contributed by atoms with Gasteiger partial charge in [-0.2, -0.15) is 0 Å². The molecule has 7 nitrogen and oxygen atoms in total. The SMILES string of the molecule is C#CCCCC(=O)OCC(C)(COC(=O)CCCC#C)COC(=O)OC(Cl)C(C)C. The molecule has 0 bridgehead atoms. The standard InChI is InChI=1S/C22H31ClO7/c1-6-8-10-12-18(24)27-14-22(5,15-28-19(25)13-11-9-7-2)16-29-21(26)30-20(23)17(3)4/h1-2,17,20H,8-16H2,3-5H3. The second kappa shape index (κ2) is 15.5. The molecular formula is C22H31ClO7. The van der Waals surface area contributed by atoms with E-state index in [9.17, 15) is 14.4 Å². The van der Waals surface area contributed by atoms with Gasteiger partial charge in [-0.05, 0) is 19.8 Å². The van der Waals surface area contributed by atoms with E-state index in [-0.39, 0.29) is 38.6 Å². The molecule has 0 amide bonds. The van der Waals surface area contributed by atoms with E-state index >= 15 is 0 Å². The topological polar surface area (TPSA) is 88.1 Å². The first-order valence-corrected chi connectivity index (χ1v) is 10.2. The molecule has 30 heavy (non-hydrogen) atoms. The third-order valence-electron chi connectivity index (χ3n) is 3.84. The maximum Gasteiger partial charge on any atom is 0.509 e. The molecule has 0 heterocycles. The van der Waals surface area contributed by atoms with Gasteiger partial charge >= 0.3 is 18.1 Å². The van der Waals surface area contributed by atoms with Gasteiger partial charge in [0.1, 0.15) is 19.8 Å². The highest BCUT2D eigenvalue weighted by atomic mass is 35.5. The van der Waals surface area contributed by atoms with Gasteiger partial charge in [-0.25, -0.2) is 4.79 Å². The first-order chi connectivity index (χ1) is 14.1. The minimum absolute atomic E-state index is 0.0986. The average Bonchev–Trinajstić information content (AvgIpc) is 2.70. The molecule has 8 heteroatoms. The maximum atomic E-state index is 11.9. The predicted octanol–water partition coefficient (Wildman–Crippen LogP) is 4.06. The zero-order valence-corrected chi connectivity index (χ0v) is 18.7. The van der Waals surface area contributed by atoms with Gasteiger partial charge in [0, 0.05) is 31.6 Å². The Morgan fingerprint density at radius 2 is 1.33 bits per heavy atom. The first-order valence-electron chi connectivity index (χ1n) is 9.79. The van der Waals surface area contributed by atoms with Crippen molar-refractivity contribution in [1.82, 2.24) is 0 Å². The Balaban J connectivity index is 4.78. The lowest BCUT2D eigenvalue weighted by Crippen LogP contribution is -2.37. The van der Waals surface area contributed by atoms with Crippen LogP contribution in [0.5, 0.6) is 0 Å². The monoisotopic (exact) mass is 442 g/mol. The maximum absolute atomic E-state index is 11.9. The van der Waals surface area contributed by atoms with Crippen LogP contribution in [0, 0.1) is 36.0 Å². The van der Waals surface area contributed by atoms with Crippen molar-refractivity contribution in [2.75, 3.05) is 19.8 Å². The number of unbranched alkanes of at least 4 members (excludes halogenated alkanes) is 2. The van der Waals surface area contributed by atoms with Crippen molar-refractivity contribution in [3.05, 3.63) is 0 Å². The Morgan fingerprint density at radius 1 is 0.900 bits per heavy atom. The van der Waals surface area contributed by atoms with Crippen molar-refractivity contribution in [2.45, 2.75) is 64.9 Å². The lowest BCUT2D eigenvalue weighted by molar-refractivity contribution is -0.155. The summed E-state index contributed by atoms with van der Waals surface area (Å²) in [6, 6.07) is 0. The van der Waals surface area contributed by atoms with E-state index in [1.54, 1.807) is 20.8 Å². The largest absolute Gasteiger partial charge is 0.509 e. The molecule has 0 saturated carbocycles. The first kappa shape index (κ1) is 27.6. The quantitative estimate of drug-likeness (QED) is 0.132. The summed E-state index contributed by atoms with van der Waals surface area (Å²) in [5.41, 5.74) is -1.81. The Morgan fingerprint density at radius 3 is 1.73 bits per heavy atom. The Kier molecular flexibility index (Phi) is 14.2.